The quantitative estimate of drug-likeness (QED) is 0.771. The van der Waals surface area contributed by atoms with Gasteiger partial charge in [-0.15, -0.1) is 0 Å². The van der Waals surface area contributed by atoms with Crippen LogP contribution in [0, 0.1) is 0 Å². The van der Waals surface area contributed by atoms with Crippen molar-refractivity contribution in [2.45, 2.75) is 26.3 Å². The molecule has 1 aromatic carbocycles. The van der Waals surface area contributed by atoms with E-state index in [-0.39, 0.29) is 11.4 Å². The van der Waals surface area contributed by atoms with Gasteiger partial charge in [0.05, 0.1) is 5.56 Å². The third-order valence-corrected chi connectivity index (χ3v) is 2.38. The molecule has 0 aliphatic heterocycles. The number of hydrogen-bond acceptors (Lipinski definition) is 2. The first-order chi connectivity index (χ1) is 6.79. The predicted octanol–water partition coefficient (Wildman–Crippen LogP) is 2.56. The number of amides is 1. The standard InChI is InChI=1S/C11H15BrN2O/c1-11(2,3)14-10(15)8-5-4-7(13)6-9(8)12/h4-6H,13H2,1-3H3,(H,14,15). The molecule has 0 spiro atoms. The summed E-state index contributed by atoms with van der Waals surface area (Å²) in [7, 11) is 0. The Labute approximate surface area is 98.2 Å². The Balaban J connectivity index is 2.92. The normalized spacial score (nSPS) is 11.2. The maximum Gasteiger partial charge on any atom is 0.252 e. The van der Waals surface area contributed by atoms with Gasteiger partial charge in [-0.3, -0.25) is 4.79 Å². The molecule has 0 unspecified atom stereocenters. The number of carbonyl (C=O) groups is 1. The van der Waals surface area contributed by atoms with Crippen molar-refractivity contribution in [3.63, 3.8) is 0 Å². The van der Waals surface area contributed by atoms with Crippen LogP contribution in [0.3, 0.4) is 0 Å². The second kappa shape index (κ2) is 4.23. The Hall–Kier alpha value is -1.03. The van der Waals surface area contributed by atoms with Crippen molar-refractivity contribution in [2.24, 2.45) is 0 Å². The molecule has 0 heterocycles. The van der Waals surface area contributed by atoms with Gasteiger partial charge in [0.1, 0.15) is 0 Å². The molecule has 3 N–H and O–H groups in total. The summed E-state index contributed by atoms with van der Waals surface area (Å²) >= 11 is 3.31. The maximum absolute atomic E-state index is 11.8. The number of carbonyl (C=O) groups excluding carboxylic acids is 1. The van der Waals surface area contributed by atoms with E-state index in [1.807, 2.05) is 20.8 Å². The first-order valence-electron chi connectivity index (χ1n) is 4.67. The monoisotopic (exact) mass is 270 g/mol. The van der Waals surface area contributed by atoms with Crippen LogP contribution in [0.1, 0.15) is 31.1 Å². The molecule has 0 saturated carbocycles. The molecule has 0 atom stereocenters. The van der Waals surface area contributed by atoms with E-state index in [2.05, 4.69) is 21.2 Å². The highest BCUT2D eigenvalue weighted by atomic mass is 79.9. The van der Waals surface area contributed by atoms with Crippen LogP contribution < -0.4 is 11.1 Å². The number of halogens is 1. The van der Waals surface area contributed by atoms with Crippen molar-refractivity contribution in [2.75, 3.05) is 5.73 Å². The largest absolute Gasteiger partial charge is 0.399 e. The van der Waals surface area contributed by atoms with E-state index in [0.29, 0.717) is 15.7 Å². The molecular formula is C11H15BrN2O. The van der Waals surface area contributed by atoms with Gasteiger partial charge in [-0.2, -0.15) is 0 Å². The molecule has 0 aromatic heterocycles. The van der Waals surface area contributed by atoms with Gasteiger partial charge in [0.15, 0.2) is 0 Å². The fourth-order valence-corrected chi connectivity index (χ4v) is 1.70. The summed E-state index contributed by atoms with van der Waals surface area (Å²) in [6.45, 7) is 5.82. The number of hydrogen-bond donors (Lipinski definition) is 2. The van der Waals surface area contributed by atoms with Crippen molar-refractivity contribution >= 4 is 27.5 Å². The maximum atomic E-state index is 11.8. The lowest BCUT2D eigenvalue weighted by Gasteiger charge is -2.20. The summed E-state index contributed by atoms with van der Waals surface area (Å²) in [6.07, 6.45) is 0. The third kappa shape index (κ3) is 3.55. The van der Waals surface area contributed by atoms with E-state index in [1.165, 1.54) is 0 Å². The SMILES string of the molecule is CC(C)(C)NC(=O)c1ccc(N)cc1Br. The smallest absolute Gasteiger partial charge is 0.252 e. The second-order valence-electron chi connectivity index (χ2n) is 4.44. The zero-order valence-electron chi connectivity index (χ0n) is 9.10. The molecule has 3 nitrogen and oxygen atoms in total. The highest BCUT2D eigenvalue weighted by molar-refractivity contribution is 9.10. The molecule has 0 saturated heterocycles. The number of rotatable bonds is 1. The fraction of sp³-hybridized carbons (Fsp3) is 0.364. The Morgan fingerprint density at radius 2 is 2.00 bits per heavy atom. The van der Waals surface area contributed by atoms with Crippen molar-refractivity contribution in [1.82, 2.24) is 5.32 Å². The van der Waals surface area contributed by atoms with Crippen LogP contribution in [0.5, 0.6) is 0 Å². The molecule has 15 heavy (non-hydrogen) atoms. The summed E-state index contributed by atoms with van der Waals surface area (Å²) in [5, 5.41) is 2.89. The van der Waals surface area contributed by atoms with Crippen LogP contribution in [-0.4, -0.2) is 11.4 Å². The van der Waals surface area contributed by atoms with E-state index >= 15 is 0 Å². The minimum Gasteiger partial charge on any atom is -0.399 e. The predicted molar refractivity (Wildman–Crippen MR) is 65.8 cm³/mol. The van der Waals surface area contributed by atoms with E-state index in [0.717, 1.165) is 0 Å². The highest BCUT2D eigenvalue weighted by Gasteiger charge is 2.16. The summed E-state index contributed by atoms with van der Waals surface area (Å²) < 4.78 is 0.712. The lowest BCUT2D eigenvalue weighted by atomic mass is 10.1. The second-order valence-corrected chi connectivity index (χ2v) is 5.30. The minimum atomic E-state index is -0.238. The Bertz CT molecular complexity index is 383. The van der Waals surface area contributed by atoms with Gasteiger partial charge >= 0.3 is 0 Å². The highest BCUT2D eigenvalue weighted by Crippen LogP contribution is 2.20. The topological polar surface area (TPSA) is 55.1 Å². The number of nitrogen functional groups attached to an aromatic ring is 1. The van der Waals surface area contributed by atoms with Gasteiger partial charge in [0.2, 0.25) is 0 Å². The summed E-state index contributed by atoms with van der Waals surface area (Å²) in [6, 6.07) is 5.14. The first kappa shape index (κ1) is 12.0. The van der Waals surface area contributed by atoms with E-state index in [9.17, 15) is 4.79 Å². The van der Waals surface area contributed by atoms with Crippen LogP contribution in [0.4, 0.5) is 5.69 Å². The number of nitrogens with two attached hydrogens (primary N) is 1. The molecule has 82 valence electrons. The molecular weight excluding hydrogens is 256 g/mol. The van der Waals surface area contributed by atoms with Gasteiger partial charge in [0.25, 0.3) is 5.91 Å². The van der Waals surface area contributed by atoms with E-state index in [4.69, 9.17) is 5.73 Å². The molecule has 0 fully saturated rings. The summed E-state index contributed by atoms with van der Waals surface area (Å²) in [5.74, 6) is -0.102. The molecule has 0 aliphatic carbocycles. The van der Waals surface area contributed by atoms with Gasteiger partial charge in [-0.25, -0.2) is 0 Å². The number of benzene rings is 1. The van der Waals surface area contributed by atoms with Crippen molar-refractivity contribution in [3.8, 4) is 0 Å². The van der Waals surface area contributed by atoms with Gasteiger partial charge in [-0.05, 0) is 54.9 Å². The zero-order valence-corrected chi connectivity index (χ0v) is 10.7. The van der Waals surface area contributed by atoms with Crippen LogP contribution in [0.25, 0.3) is 0 Å². The van der Waals surface area contributed by atoms with Gasteiger partial charge in [-0.1, -0.05) is 0 Å². The van der Waals surface area contributed by atoms with Gasteiger partial charge < -0.3 is 11.1 Å². The lowest BCUT2D eigenvalue weighted by molar-refractivity contribution is 0.0919. The third-order valence-electron chi connectivity index (χ3n) is 1.73. The lowest BCUT2D eigenvalue weighted by Crippen LogP contribution is -2.40. The van der Waals surface area contributed by atoms with Crippen LogP contribution in [-0.2, 0) is 0 Å². The van der Waals surface area contributed by atoms with Crippen LogP contribution >= 0.6 is 15.9 Å². The fourth-order valence-electron chi connectivity index (χ4n) is 1.12. The average Bonchev–Trinajstić information content (AvgIpc) is 1.99. The molecule has 0 radical (unpaired) electrons. The van der Waals surface area contributed by atoms with Crippen LogP contribution in [0.15, 0.2) is 22.7 Å². The molecule has 0 aliphatic rings. The van der Waals surface area contributed by atoms with Crippen molar-refractivity contribution < 1.29 is 4.79 Å². The van der Waals surface area contributed by atoms with E-state index in [1.54, 1.807) is 18.2 Å². The zero-order chi connectivity index (χ0) is 11.6. The molecule has 4 heteroatoms. The Morgan fingerprint density at radius 3 is 2.47 bits per heavy atom. The molecule has 1 aromatic rings. The molecule has 0 bridgehead atoms. The molecule has 1 rings (SSSR count). The summed E-state index contributed by atoms with van der Waals surface area (Å²) in [4.78, 5) is 11.8. The van der Waals surface area contributed by atoms with Crippen LogP contribution in [0.2, 0.25) is 0 Å². The first-order valence-corrected chi connectivity index (χ1v) is 5.46. The minimum absolute atomic E-state index is 0.102. The number of anilines is 1. The average molecular weight is 271 g/mol. The van der Waals surface area contributed by atoms with Gasteiger partial charge in [0, 0.05) is 15.7 Å². The Kier molecular flexibility index (Phi) is 3.39. The molecule has 1 amide bonds. The Morgan fingerprint density at radius 1 is 1.40 bits per heavy atom. The van der Waals surface area contributed by atoms with E-state index < -0.39 is 0 Å². The summed E-state index contributed by atoms with van der Waals surface area (Å²) in [5.41, 5.74) is 6.58. The van der Waals surface area contributed by atoms with Crippen molar-refractivity contribution in [3.05, 3.63) is 28.2 Å². The number of nitrogens with one attached hydrogen (secondary N) is 1. The van der Waals surface area contributed by atoms with Crippen molar-refractivity contribution in [1.29, 1.82) is 0 Å².